The summed E-state index contributed by atoms with van der Waals surface area (Å²) < 4.78 is 5.54. The minimum Gasteiger partial charge on any atom is -0.481 e. The number of rotatable bonds is 5. The number of halogens is 1. The molecule has 0 aromatic heterocycles. The van der Waals surface area contributed by atoms with Gasteiger partial charge < -0.3 is 10.1 Å². The maximum Gasteiger partial charge on any atom is 0.261 e. The molecule has 1 amide bonds. The topological polar surface area (TPSA) is 62.1 Å². The molecule has 5 heteroatoms. The minimum atomic E-state index is -0.632. The van der Waals surface area contributed by atoms with Crippen LogP contribution in [0.4, 0.5) is 0 Å². The summed E-state index contributed by atoms with van der Waals surface area (Å²) in [6.45, 7) is 2.06. The Morgan fingerprint density at radius 3 is 2.68 bits per heavy atom. The summed E-state index contributed by atoms with van der Waals surface area (Å²) >= 11 is 5.89. The van der Waals surface area contributed by atoms with E-state index in [-0.39, 0.29) is 5.91 Å². The molecule has 0 saturated heterocycles. The maximum atomic E-state index is 12.0. The maximum absolute atomic E-state index is 12.0. The van der Waals surface area contributed by atoms with Gasteiger partial charge in [-0.25, -0.2) is 0 Å². The van der Waals surface area contributed by atoms with Crippen molar-refractivity contribution in [2.45, 2.75) is 19.6 Å². The third kappa shape index (κ3) is 4.51. The van der Waals surface area contributed by atoms with E-state index < -0.39 is 6.10 Å². The zero-order chi connectivity index (χ0) is 15.9. The monoisotopic (exact) mass is 314 g/mol. The van der Waals surface area contributed by atoms with E-state index in [0.29, 0.717) is 22.9 Å². The van der Waals surface area contributed by atoms with Gasteiger partial charge in [-0.1, -0.05) is 23.7 Å². The van der Waals surface area contributed by atoms with Crippen LogP contribution in [0.5, 0.6) is 5.75 Å². The number of nitriles is 1. The molecule has 0 bridgehead atoms. The van der Waals surface area contributed by atoms with Crippen LogP contribution in [0.2, 0.25) is 5.02 Å². The average molecular weight is 315 g/mol. The normalized spacial score (nSPS) is 11.3. The number of ether oxygens (including phenoxy) is 1. The molecule has 112 valence electrons. The van der Waals surface area contributed by atoms with Crippen molar-refractivity contribution < 1.29 is 9.53 Å². The molecular weight excluding hydrogens is 300 g/mol. The highest BCUT2D eigenvalue weighted by Crippen LogP contribution is 2.14. The zero-order valence-corrected chi connectivity index (χ0v) is 12.8. The Morgan fingerprint density at radius 2 is 2.05 bits per heavy atom. The highest BCUT2D eigenvalue weighted by molar-refractivity contribution is 6.30. The van der Waals surface area contributed by atoms with Crippen molar-refractivity contribution in [2.75, 3.05) is 0 Å². The number of benzene rings is 2. The van der Waals surface area contributed by atoms with Crippen LogP contribution in [0, 0.1) is 11.3 Å². The Hall–Kier alpha value is -2.51. The molecule has 4 nitrogen and oxygen atoms in total. The van der Waals surface area contributed by atoms with Gasteiger partial charge in [-0.15, -0.1) is 0 Å². The number of carbonyl (C=O) groups excluding carboxylic acids is 1. The van der Waals surface area contributed by atoms with Crippen molar-refractivity contribution in [3.63, 3.8) is 0 Å². The molecule has 22 heavy (non-hydrogen) atoms. The van der Waals surface area contributed by atoms with Crippen molar-refractivity contribution in [2.24, 2.45) is 0 Å². The van der Waals surface area contributed by atoms with E-state index >= 15 is 0 Å². The van der Waals surface area contributed by atoms with Gasteiger partial charge in [0.1, 0.15) is 5.75 Å². The van der Waals surface area contributed by atoms with Gasteiger partial charge in [-0.2, -0.15) is 5.26 Å². The second-order valence-electron chi connectivity index (χ2n) is 4.74. The Labute approximate surface area is 134 Å². The molecule has 0 radical (unpaired) electrons. The number of carbonyl (C=O) groups is 1. The fourth-order valence-electron chi connectivity index (χ4n) is 1.85. The molecule has 2 aromatic rings. The van der Waals surface area contributed by atoms with Crippen molar-refractivity contribution in [3.05, 3.63) is 64.7 Å². The molecule has 1 atom stereocenters. The second-order valence-corrected chi connectivity index (χ2v) is 5.18. The van der Waals surface area contributed by atoms with Gasteiger partial charge in [0.25, 0.3) is 5.91 Å². The number of nitrogens with zero attached hydrogens (tertiary/aromatic N) is 1. The summed E-state index contributed by atoms with van der Waals surface area (Å²) in [4.78, 5) is 12.0. The van der Waals surface area contributed by atoms with Crippen molar-refractivity contribution in [3.8, 4) is 11.8 Å². The van der Waals surface area contributed by atoms with E-state index in [9.17, 15) is 4.79 Å². The van der Waals surface area contributed by atoms with Crippen molar-refractivity contribution in [1.82, 2.24) is 5.32 Å². The first-order chi connectivity index (χ1) is 10.6. The van der Waals surface area contributed by atoms with Crippen LogP contribution < -0.4 is 10.1 Å². The van der Waals surface area contributed by atoms with E-state index in [1.54, 1.807) is 43.3 Å². The van der Waals surface area contributed by atoms with E-state index in [4.69, 9.17) is 21.6 Å². The Balaban J connectivity index is 1.87. The van der Waals surface area contributed by atoms with Gasteiger partial charge in [0.05, 0.1) is 11.6 Å². The molecule has 1 N–H and O–H groups in total. The highest BCUT2D eigenvalue weighted by Gasteiger charge is 2.14. The van der Waals surface area contributed by atoms with Crippen LogP contribution in [0.1, 0.15) is 18.1 Å². The lowest BCUT2D eigenvalue weighted by atomic mass is 10.2. The zero-order valence-electron chi connectivity index (χ0n) is 12.0. The van der Waals surface area contributed by atoms with Crippen LogP contribution in [0.25, 0.3) is 0 Å². The Kier molecular flexibility index (Phi) is 5.40. The molecule has 2 rings (SSSR count). The fraction of sp³-hybridized carbons (Fsp3) is 0.176. The van der Waals surface area contributed by atoms with Crippen LogP contribution in [-0.2, 0) is 11.3 Å². The first kappa shape index (κ1) is 15.9. The lowest BCUT2D eigenvalue weighted by Crippen LogP contribution is -2.35. The summed E-state index contributed by atoms with van der Waals surface area (Å²) in [6, 6.07) is 16.0. The smallest absolute Gasteiger partial charge is 0.261 e. The number of hydrogen-bond acceptors (Lipinski definition) is 3. The Morgan fingerprint density at radius 1 is 1.32 bits per heavy atom. The third-order valence-electron chi connectivity index (χ3n) is 3.02. The molecule has 0 unspecified atom stereocenters. The molecule has 0 fully saturated rings. The minimum absolute atomic E-state index is 0.218. The number of nitrogens with one attached hydrogen (secondary N) is 1. The fourth-order valence-corrected chi connectivity index (χ4v) is 2.06. The lowest BCUT2D eigenvalue weighted by molar-refractivity contribution is -0.127. The molecule has 0 heterocycles. The summed E-state index contributed by atoms with van der Waals surface area (Å²) in [5.74, 6) is 0.328. The summed E-state index contributed by atoms with van der Waals surface area (Å²) in [6.07, 6.45) is -0.632. The van der Waals surface area contributed by atoms with Crippen LogP contribution in [0.3, 0.4) is 0 Å². The van der Waals surface area contributed by atoms with Crippen LogP contribution in [-0.4, -0.2) is 12.0 Å². The van der Waals surface area contributed by atoms with E-state index in [0.717, 1.165) is 5.56 Å². The van der Waals surface area contributed by atoms with E-state index in [1.807, 2.05) is 18.2 Å². The molecule has 0 aliphatic rings. The Bertz CT molecular complexity index is 693. The largest absolute Gasteiger partial charge is 0.481 e. The quantitative estimate of drug-likeness (QED) is 0.921. The molecule has 0 spiro atoms. The summed E-state index contributed by atoms with van der Waals surface area (Å²) in [5.41, 5.74) is 1.47. The predicted octanol–water partition coefficient (Wildman–Crippen LogP) is 3.30. The molecule has 2 aromatic carbocycles. The summed E-state index contributed by atoms with van der Waals surface area (Å²) in [7, 11) is 0. The molecule has 0 aliphatic carbocycles. The van der Waals surface area contributed by atoms with E-state index in [1.165, 1.54) is 0 Å². The van der Waals surface area contributed by atoms with Crippen molar-refractivity contribution >= 4 is 17.5 Å². The SMILES string of the molecule is C[C@@H](Oc1ccc(C#N)cc1)C(=O)NCc1cccc(Cl)c1. The third-order valence-corrected chi connectivity index (χ3v) is 3.26. The van der Waals surface area contributed by atoms with Gasteiger partial charge in [-0.3, -0.25) is 4.79 Å². The standard InChI is InChI=1S/C17H15ClN2O2/c1-12(22-16-7-5-13(10-19)6-8-16)17(21)20-11-14-3-2-4-15(18)9-14/h2-9,12H,11H2,1H3,(H,20,21)/t12-/m1/s1. The number of hydrogen-bond donors (Lipinski definition) is 1. The average Bonchev–Trinajstić information content (AvgIpc) is 2.53. The highest BCUT2D eigenvalue weighted by atomic mass is 35.5. The first-order valence-electron chi connectivity index (χ1n) is 6.77. The molecule has 0 saturated carbocycles. The van der Waals surface area contributed by atoms with E-state index in [2.05, 4.69) is 5.32 Å². The predicted molar refractivity (Wildman–Crippen MR) is 84.5 cm³/mol. The number of amides is 1. The summed E-state index contributed by atoms with van der Waals surface area (Å²) in [5, 5.41) is 12.2. The lowest BCUT2D eigenvalue weighted by Gasteiger charge is -2.14. The van der Waals surface area contributed by atoms with Gasteiger partial charge in [-0.05, 0) is 48.9 Å². The van der Waals surface area contributed by atoms with Crippen molar-refractivity contribution in [1.29, 1.82) is 5.26 Å². The van der Waals surface area contributed by atoms with Gasteiger partial charge in [0.2, 0.25) is 0 Å². The molecule has 0 aliphatic heterocycles. The first-order valence-corrected chi connectivity index (χ1v) is 7.15. The van der Waals surface area contributed by atoms with Gasteiger partial charge >= 0.3 is 0 Å². The molecular formula is C17H15ClN2O2. The van der Waals surface area contributed by atoms with Crippen LogP contribution >= 0.6 is 11.6 Å². The van der Waals surface area contributed by atoms with Gasteiger partial charge in [0.15, 0.2) is 6.10 Å². The van der Waals surface area contributed by atoms with Gasteiger partial charge in [0, 0.05) is 11.6 Å². The van der Waals surface area contributed by atoms with Crippen LogP contribution in [0.15, 0.2) is 48.5 Å². The second kappa shape index (κ2) is 7.48.